The lowest BCUT2D eigenvalue weighted by molar-refractivity contribution is -0.147. The van der Waals surface area contributed by atoms with E-state index in [1.54, 1.807) is 0 Å². The van der Waals surface area contributed by atoms with E-state index < -0.39 is 25.8 Å². The van der Waals surface area contributed by atoms with Crippen molar-refractivity contribution in [3.8, 4) is 0 Å². The van der Waals surface area contributed by atoms with Crippen molar-refractivity contribution in [2.24, 2.45) is 0 Å². The minimum Gasteiger partial charge on any atom is -0.481 e. The first-order valence-corrected chi connectivity index (χ1v) is 2.26. The molecule has 0 bridgehead atoms. The van der Waals surface area contributed by atoms with Crippen LogP contribution in [0.1, 0.15) is 6.42 Å². The Bertz CT molecular complexity index is 123. The Labute approximate surface area is 60.5 Å². The number of aliphatic carboxylic acids is 2. The third-order valence-corrected chi connectivity index (χ3v) is 0.302. The molecule has 0 heterocycles. The summed E-state index contributed by atoms with van der Waals surface area (Å²) in [7, 11) is -3.17. The number of hydrogen-bond donors (Lipinski definition) is 3. The molecule has 5 nitrogen and oxygen atoms in total. The molecule has 0 aliphatic carbocycles. The van der Waals surface area contributed by atoms with Gasteiger partial charge in [-0.25, -0.2) is 0 Å². The summed E-state index contributed by atoms with van der Waals surface area (Å²) in [6.45, 7) is 0. The van der Waals surface area contributed by atoms with E-state index in [1.165, 1.54) is 0 Å². The summed E-state index contributed by atoms with van der Waals surface area (Å²) in [4.78, 5) is 18.9. The summed E-state index contributed by atoms with van der Waals surface area (Å²) >= 11 is 0. The molecule has 64 valence electrons. The first-order valence-electron chi connectivity index (χ1n) is 2.26. The molecule has 0 spiro atoms. The number of rotatable bonds is 2. The van der Waals surface area contributed by atoms with Crippen LogP contribution in [0.15, 0.2) is 0 Å². The van der Waals surface area contributed by atoms with Crippen LogP contribution in [-0.2, 0) is 9.59 Å². The van der Waals surface area contributed by atoms with Crippen LogP contribution in [0, 0.1) is 0 Å². The molecule has 0 atom stereocenters. The van der Waals surface area contributed by atoms with Crippen molar-refractivity contribution in [3.05, 3.63) is 0 Å². The van der Waals surface area contributed by atoms with Crippen LogP contribution in [0.3, 0.4) is 0 Å². The predicted molar refractivity (Wildman–Crippen MR) is 30.1 cm³/mol. The van der Waals surface area contributed by atoms with Crippen LogP contribution in [0.4, 0.5) is 8.63 Å². The molecule has 0 aromatic heterocycles. The molecule has 0 saturated heterocycles. The Kier molecular flexibility index (Phi) is 7.88. The average molecular weight is 170 g/mol. The fraction of sp³-hybridized carbons (Fsp3) is 0.333. The number of carboxylic acids is 2. The Balaban J connectivity index is 0. The smallest absolute Gasteiger partial charge is 0.481 e. The van der Waals surface area contributed by atoms with Crippen molar-refractivity contribution < 1.29 is 33.5 Å². The van der Waals surface area contributed by atoms with Gasteiger partial charge in [-0.3, -0.25) is 18.2 Å². The molecule has 0 radical (unpaired) electrons. The molecule has 3 N–H and O–H groups in total. The van der Waals surface area contributed by atoms with E-state index in [0.717, 1.165) is 0 Å². The van der Waals surface area contributed by atoms with Gasteiger partial charge in [0.05, 0.1) is 0 Å². The lowest BCUT2D eigenvalue weighted by Gasteiger charge is -1.80. The molecule has 0 aliphatic rings. The van der Waals surface area contributed by atoms with Crippen LogP contribution in [0.5, 0.6) is 0 Å². The van der Waals surface area contributed by atoms with Gasteiger partial charge in [0, 0.05) is 0 Å². The van der Waals surface area contributed by atoms with Crippen LogP contribution in [0.25, 0.3) is 0 Å². The standard InChI is InChI=1S/C3H4O4.BF2HO/c4-2(5)1-3(6)7;2-1(3)4/h1H2,(H,4,5)(H,6,7);4H. The van der Waals surface area contributed by atoms with Gasteiger partial charge >= 0.3 is 19.4 Å². The molecule has 0 aromatic carbocycles. The summed E-state index contributed by atoms with van der Waals surface area (Å²) < 4.78 is 19.8. The van der Waals surface area contributed by atoms with Gasteiger partial charge in [0.15, 0.2) is 0 Å². The van der Waals surface area contributed by atoms with Crippen molar-refractivity contribution in [2.45, 2.75) is 6.42 Å². The molecule has 0 fully saturated rings. The fourth-order valence-electron chi connectivity index (χ4n) is 0.129. The lowest BCUT2D eigenvalue weighted by atomic mass is 10.4. The molecule has 0 aliphatic heterocycles. The van der Waals surface area contributed by atoms with Crippen LogP contribution in [0.2, 0.25) is 0 Å². The molecular formula is C3H5BF2O5. The van der Waals surface area contributed by atoms with Crippen LogP contribution in [-0.4, -0.2) is 34.6 Å². The first-order chi connectivity index (χ1) is 4.86. The van der Waals surface area contributed by atoms with E-state index in [-0.39, 0.29) is 0 Å². The normalized spacial score (nSPS) is 7.55. The van der Waals surface area contributed by atoms with Crippen molar-refractivity contribution in [3.63, 3.8) is 0 Å². The third kappa shape index (κ3) is 51.5. The summed E-state index contributed by atoms with van der Waals surface area (Å²) in [6, 6.07) is 0. The van der Waals surface area contributed by atoms with Gasteiger partial charge in [-0.15, -0.1) is 0 Å². The molecule has 0 unspecified atom stereocenters. The largest absolute Gasteiger partial charge is 0.718 e. The zero-order valence-electron chi connectivity index (χ0n) is 5.20. The van der Waals surface area contributed by atoms with Gasteiger partial charge in [0.25, 0.3) is 0 Å². The number of carboxylic acid groups (broad SMARTS) is 2. The summed E-state index contributed by atoms with van der Waals surface area (Å²) in [6.07, 6.45) is -0.806. The molecule has 0 amide bonds. The molecular weight excluding hydrogens is 165 g/mol. The highest BCUT2D eigenvalue weighted by Gasteiger charge is 2.02. The second-order valence-electron chi connectivity index (χ2n) is 1.24. The maximum absolute atomic E-state index is 9.89. The Hall–Kier alpha value is -1.18. The first kappa shape index (κ1) is 12.5. The molecule has 0 saturated carbocycles. The third-order valence-electron chi connectivity index (χ3n) is 0.302. The SMILES string of the molecule is O=C(O)CC(=O)O.OB(F)F. The van der Waals surface area contributed by atoms with Gasteiger partial charge < -0.3 is 15.2 Å². The van der Waals surface area contributed by atoms with Crippen molar-refractivity contribution in [2.75, 3.05) is 0 Å². The fourth-order valence-corrected chi connectivity index (χ4v) is 0.129. The van der Waals surface area contributed by atoms with E-state index in [4.69, 9.17) is 15.2 Å². The second-order valence-corrected chi connectivity index (χ2v) is 1.24. The van der Waals surface area contributed by atoms with Crippen molar-refractivity contribution in [1.82, 2.24) is 0 Å². The quantitative estimate of drug-likeness (QED) is 0.381. The number of halogens is 2. The van der Waals surface area contributed by atoms with E-state index >= 15 is 0 Å². The number of carbonyl (C=O) groups is 2. The maximum Gasteiger partial charge on any atom is 0.718 e. The highest BCUT2D eigenvalue weighted by Crippen LogP contribution is 1.74. The minimum absolute atomic E-state index is 0.806. The average Bonchev–Trinajstić information content (AvgIpc) is 1.56. The van der Waals surface area contributed by atoms with Gasteiger partial charge in [-0.2, -0.15) is 0 Å². The zero-order valence-corrected chi connectivity index (χ0v) is 5.20. The van der Waals surface area contributed by atoms with Crippen LogP contribution < -0.4 is 0 Å². The Morgan fingerprint density at radius 2 is 1.36 bits per heavy atom. The van der Waals surface area contributed by atoms with Crippen molar-refractivity contribution in [1.29, 1.82) is 0 Å². The predicted octanol–water partition coefficient (Wildman–Crippen LogP) is -0.552. The van der Waals surface area contributed by atoms with E-state index in [0.29, 0.717) is 0 Å². The highest BCUT2D eigenvalue weighted by atomic mass is 19.2. The monoisotopic (exact) mass is 170 g/mol. The van der Waals surface area contributed by atoms with Crippen LogP contribution >= 0.6 is 0 Å². The van der Waals surface area contributed by atoms with Gasteiger partial charge in [0.1, 0.15) is 6.42 Å². The minimum atomic E-state index is -3.17. The summed E-state index contributed by atoms with van der Waals surface area (Å²) in [5, 5.41) is 22.1. The van der Waals surface area contributed by atoms with Gasteiger partial charge in [0.2, 0.25) is 0 Å². The maximum atomic E-state index is 9.89. The Morgan fingerprint density at radius 1 is 1.18 bits per heavy atom. The second kappa shape index (κ2) is 6.94. The topological polar surface area (TPSA) is 94.8 Å². The summed E-state index contributed by atoms with van der Waals surface area (Å²) in [5.74, 6) is -2.62. The van der Waals surface area contributed by atoms with E-state index in [9.17, 15) is 18.2 Å². The highest BCUT2D eigenvalue weighted by molar-refractivity contribution is 6.32. The molecule has 0 aromatic rings. The molecule has 8 heteroatoms. The zero-order chi connectivity index (χ0) is 9.44. The number of hydrogen-bond acceptors (Lipinski definition) is 3. The van der Waals surface area contributed by atoms with Gasteiger partial charge in [-0.05, 0) is 0 Å². The Morgan fingerprint density at radius 3 is 1.36 bits per heavy atom. The molecule has 11 heavy (non-hydrogen) atoms. The lowest BCUT2D eigenvalue weighted by Crippen LogP contribution is -2.03. The van der Waals surface area contributed by atoms with Crippen molar-refractivity contribution >= 4 is 19.4 Å². The van der Waals surface area contributed by atoms with E-state index in [2.05, 4.69) is 0 Å². The van der Waals surface area contributed by atoms with Gasteiger partial charge in [-0.1, -0.05) is 0 Å². The summed E-state index contributed by atoms with van der Waals surface area (Å²) in [5.41, 5.74) is 0. The van der Waals surface area contributed by atoms with E-state index in [1.807, 2.05) is 0 Å². The molecule has 0 rings (SSSR count).